The topological polar surface area (TPSA) is 98.5 Å². The van der Waals surface area contributed by atoms with Crippen molar-refractivity contribution < 1.29 is 22.3 Å². The molecule has 1 amide bonds. The van der Waals surface area contributed by atoms with Crippen LogP contribution in [0, 0.1) is 5.82 Å². The summed E-state index contributed by atoms with van der Waals surface area (Å²) in [6.07, 6.45) is 0.876. The number of amides is 1. The average Bonchev–Trinajstić information content (AvgIpc) is 2.80. The van der Waals surface area contributed by atoms with E-state index in [-0.39, 0.29) is 11.6 Å². The minimum Gasteiger partial charge on any atom is -0.368 e. The molecule has 1 aromatic rings. The van der Waals surface area contributed by atoms with Gasteiger partial charge in [-0.15, -0.1) is 0 Å². The largest absolute Gasteiger partial charge is 0.368 e. The van der Waals surface area contributed by atoms with E-state index >= 15 is 0 Å². The van der Waals surface area contributed by atoms with Crippen LogP contribution >= 0.6 is 0 Å². The lowest BCUT2D eigenvalue weighted by Crippen LogP contribution is -2.27. The Hall–Kier alpha value is -1.51. The monoisotopic (exact) mass is 288 g/mol. The molecule has 3 N–H and O–H groups in total. The Kier molecular flexibility index (Phi) is 3.83. The molecule has 1 aromatic carbocycles. The van der Waals surface area contributed by atoms with E-state index in [1.54, 1.807) is 0 Å². The van der Waals surface area contributed by atoms with Gasteiger partial charge in [-0.1, -0.05) is 0 Å². The lowest BCUT2D eigenvalue weighted by Gasteiger charge is -2.11. The van der Waals surface area contributed by atoms with Crippen molar-refractivity contribution in [1.29, 1.82) is 0 Å². The molecule has 19 heavy (non-hydrogen) atoms. The molecule has 6 nitrogen and oxygen atoms in total. The number of benzene rings is 1. The van der Waals surface area contributed by atoms with Crippen molar-refractivity contribution in [3.63, 3.8) is 0 Å². The second kappa shape index (κ2) is 5.24. The molecule has 1 heterocycles. The van der Waals surface area contributed by atoms with Crippen molar-refractivity contribution in [3.05, 3.63) is 24.0 Å². The Morgan fingerprint density at radius 1 is 1.47 bits per heavy atom. The van der Waals surface area contributed by atoms with Crippen molar-refractivity contribution in [2.45, 2.75) is 23.8 Å². The number of halogens is 1. The lowest BCUT2D eigenvalue weighted by molar-refractivity contribution is -0.124. The number of anilines is 1. The van der Waals surface area contributed by atoms with Gasteiger partial charge in [-0.05, 0) is 31.0 Å². The van der Waals surface area contributed by atoms with Crippen LogP contribution in [-0.2, 0) is 19.6 Å². The van der Waals surface area contributed by atoms with E-state index in [1.807, 2.05) is 0 Å². The summed E-state index contributed by atoms with van der Waals surface area (Å²) >= 11 is 0. The maximum Gasteiger partial charge on any atom is 0.253 e. The van der Waals surface area contributed by atoms with E-state index < -0.39 is 26.8 Å². The third kappa shape index (κ3) is 3.28. The van der Waals surface area contributed by atoms with Gasteiger partial charge in [0.25, 0.3) is 5.91 Å². The van der Waals surface area contributed by atoms with Gasteiger partial charge in [-0.2, -0.15) is 0 Å². The summed E-state index contributed by atoms with van der Waals surface area (Å²) in [5.41, 5.74) is 0.158. The van der Waals surface area contributed by atoms with Crippen molar-refractivity contribution in [2.24, 2.45) is 5.14 Å². The molecule has 104 valence electrons. The number of hydrogen-bond donors (Lipinski definition) is 2. The molecule has 0 aromatic heterocycles. The van der Waals surface area contributed by atoms with Crippen molar-refractivity contribution in [1.82, 2.24) is 0 Å². The summed E-state index contributed by atoms with van der Waals surface area (Å²) in [7, 11) is -4.11. The molecule has 1 aliphatic rings. The standard InChI is InChI=1S/C11H13FN2O4S/c12-8-6-7(3-4-10(8)19(13,16)17)14-11(15)9-2-1-5-18-9/h3-4,6,9H,1-2,5H2,(H,14,15)(H2,13,16,17). The van der Waals surface area contributed by atoms with E-state index in [1.165, 1.54) is 6.07 Å². The van der Waals surface area contributed by atoms with Crippen molar-refractivity contribution in [2.75, 3.05) is 11.9 Å². The molecule has 1 aliphatic heterocycles. The predicted molar refractivity (Wildman–Crippen MR) is 65.4 cm³/mol. The number of primary sulfonamides is 1. The summed E-state index contributed by atoms with van der Waals surface area (Å²) < 4.78 is 40.8. The van der Waals surface area contributed by atoms with Gasteiger partial charge in [0.15, 0.2) is 0 Å². The normalized spacial score (nSPS) is 19.4. The molecule has 1 saturated heterocycles. The highest BCUT2D eigenvalue weighted by Crippen LogP contribution is 2.19. The lowest BCUT2D eigenvalue weighted by atomic mass is 10.2. The van der Waals surface area contributed by atoms with E-state index in [0.29, 0.717) is 13.0 Å². The predicted octanol–water partition coefficient (Wildman–Crippen LogP) is 0.591. The summed E-state index contributed by atoms with van der Waals surface area (Å²) in [6.45, 7) is 0.525. The number of sulfonamides is 1. The van der Waals surface area contributed by atoms with Crippen molar-refractivity contribution in [3.8, 4) is 0 Å². The highest BCUT2D eigenvalue weighted by Gasteiger charge is 2.24. The van der Waals surface area contributed by atoms with E-state index in [4.69, 9.17) is 9.88 Å². The smallest absolute Gasteiger partial charge is 0.253 e. The number of ether oxygens (including phenoxy) is 1. The van der Waals surface area contributed by atoms with Crippen molar-refractivity contribution >= 4 is 21.6 Å². The number of rotatable bonds is 3. The SMILES string of the molecule is NS(=O)(=O)c1ccc(NC(=O)C2CCCO2)cc1F. The third-order valence-corrected chi connectivity index (χ3v) is 3.67. The molecule has 0 radical (unpaired) electrons. The van der Waals surface area contributed by atoms with Gasteiger partial charge in [0, 0.05) is 12.3 Å². The first-order valence-corrected chi connectivity index (χ1v) is 7.17. The Balaban J connectivity index is 2.14. The molecule has 8 heteroatoms. The minimum absolute atomic E-state index is 0.158. The molecular weight excluding hydrogens is 275 g/mol. The number of carbonyl (C=O) groups is 1. The first-order valence-electron chi connectivity index (χ1n) is 5.63. The highest BCUT2D eigenvalue weighted by molar-refractivity contribution is 7.89. The fraction of sp³-hybridized carbons (Fsp3) is 0.364. The zero-order valence-electron chi connectivity index (χ0n) is 9.93. The Morgan fingerprint density at radius 3 is 2.74 bits per heavy atom. The molecular formula is C11H13FN2O4S. The molecule has 0 saturated carbocycles. The summed E-state index contributed by atoms with van der Waals surface area (Å²) in [4.78, 5) is 11.1. The summed E-state index contributed by atoms with van der Waals surface area (Å²) in [5.74, 6) is -1.38. The molecule has 0 aliphatic carbocycles. The second-order valence-electron chi connectivity index (χ2n) is 4.18. The Morgan fingerprint density at radius 2 is 2.21 bits per heavy atom. The maximum absolute atomic E-state index is 13.5. The van der Waals surface area contributed by atoms with Crippen LogP contribution in [0.2, 0.25) is 0 Å². The zero-order chi connectivity index (χ0) is 14.0. The van der Waals surface area contributed by atoms with Crippen LogP contribution in [0.3, 0.4) is 0 Å². The molecule has 2 rings (SSSR count). The van der Waals surface area contributed by atoms with Gasteiger partial charge >= 0.3 is 0 Å². The number of nitrogens with one attached hydrogen (secondary N) is 1. The van der Waals surface area contributed by atoms with Gasteiger partial charge < -0.3 is 10.1 Å². The zero-order valence-corrected chi connectivity index (χ0v) is 10.7. The second-order valence-corrected chi connectivity index (χ2v) is 5.71. The Bertz CT molecular complexity index is 597. The van der Waals surface area contributed by atoms with Gasteiger partial charge in [0.2, 0.25) is 10.0 Å². The van der Waals surface area contributed by atoms with E-state index in [2.05, 4.69) is 5.32 Å². The van der Waals surface area contributed by atoms with Crippen LogP contribution in [-0.4, -0.2) is 27.0 Å². The van der Waals surface area contributed by atoms with Gasteiger partial charge in [0.1, 0.15) is 16.8 Å². The average molecular weight is 288 g/mol. The van der Waals surface area contributed by atoms with E-state index in [0.717, 1.165) is 18.6 Å². The molecule has 1 atom stereocenters. The van der Waals surface area contributed by atoms with Crippen LogP contribution < -0.4 is 10.5 Å². The van der Waals surface area contributed by atoms with Gasteiger partial charge in [-0.25, -0.2) is 17.9 Å². The minimum atomic E-state index is -4.11. The van der Waals surface area contributed by atoms with Crippen LogP contribution in [0.1, 0.15) is 12.8 Å². The fourth-order valence-corrected chi connectivity index (χ4v) is 2.40. The summed E-state index contributed by atoms with van der Waals surface area (Å²) in [6, 6.07) is 3.19. The number of carbonyl (C=O) groups excluding carboxylic acids is 1. The van der Waals surface area contributed by atoms with Crippen LogP contribution in [0.5, 0.6) is 0 Å². The van der Waals surface area contributed by atoms with Crippen LogP contribution in [0.15, 0.2) is 23.1 Å². The number of nitrogens with two attached hydrogens (primary N) is 1. The molecule has 0 spiro atoms. The highest BCUT2D eigenvalue weighted by atomic mass is 32.2. The van der Waals surface area contributed by atoms with E-state index in [9.17, 15) is 17.6 Å². The van der Waals surface area contributed by atoms with Gasteiger partial charge in [-0.3, -0.25) is 4.79 Å². The Labute approximate surface area is 109 Å². The third-order valence-electron chi connectivity index (χ3n) is 2.73. The summed E-state index contributed by atoms with van der Waals surface area (Å²) in [5, 5.41) is 7.30. The molecule has 0 bridgehead atoms. The van der Waals surface area contributed by atoms with Gasteiger partial charge in [0.05, 0.1) is 0 Å². The first-order chi connectivity index (χ1) is 8.88. The molecule has 1 unspecified atom stereocenters. The maximum atomic E-state index is 13.5. The fourth-order valence-electron chi connectivity index (χ4n) is 1.82. The molecule has 1 fully saturated rings. The number of hydrogen-bond acceptors (Lipinski definition) is 4. The van der Waals surface area contributed by atoms with Crippen LogP contribution in [0.4, 0.5) is 10.1 Å². The van der Waals surface area contributed by atoms with Crippen LogP contribution in [0.25, 0.3) is 0 Å². The quantitative estimate of drug-likeness (QED) is 0.850. The first kappa shape index (κ1) is 13.9.